The molecule has 2 amide bonds. The third-order valence-corrected chi connectivity index (χ3v) is 6.80. The molecule has 0 spiro atoms. The normalized spacial score (nSPS) is 14.3. The number of ether oxygens (including phenoxy) is 1. The smallest absolute Gasteiger partial charge is 0.261 e. The predicted molar refractivity (Wildman–Crippen MR) is 143 cm³/mol. The highest BCUT2D eigenvalue weighted by molar-refractivity contribution is 5.88. The van der Waals surface area contributed by atoms with E-state index in [2.05, 4.69) is 5.32 Å². The molecule has 5 nitrogen and oxygen atoms in total. The van der Waals surface area contributed by atoms with Crippen LogP contribution in [0, 0.1) is 13.8 Å². The van der Waals surface area contributed by atoms with Gasteiger partial charge in [0, 0.05) is 19.0 Å². The molecule has 1 saturated carbocycles. The van der Waals surface area contributed by atoms with Crippen LogP contribution in [0.4, 0.5) is 0 Å². The van der Waals surface area contributed by atoms with Crippen molar-refractivity contribution < 1.29 is 14.3 Å². The molecular weight excluding hydrogens is 448 g/mol. The Morgan fingerprint density at radius 2 is 1.61 bits per heavy atom. The molecule has 0 unspecified atom stereocenters. The average molecular weight is 485 g/mol. The first-order valence-corrected chi connectivity index (χ1v) is 12.9. The summed E-state index contributed by atoms with van der Waals surface area (Å²) in [7, 11) is 0. The minimum absolute atomic E-state index is 0.0956. The number of nitrogens with zero attached hydrogens (tertiary/aromatic N) is 1. The molecule has 0 aromatic heterocycles. The van der Waals surface area contributed by atoms with Gasteiger partial charge in [-0.2, -0.15) is 0 Å². The highest BCUT2D eigenvalue weighted by Crippen LogP contribution is 2.21. The summed E-state index contributed by atoms with van der Waals surface area (Å²) < 4.78 is 5.88. The molecule has 1 fully saturated rings. The van der Waals surface area contributed by atoms with Gasteiger partial charge < -0.3 is 15.0 Å². The Morgan fingerprint density at radius 3 is 2.31 bits per heavy atom. The quantitative estimate of drug-likeness (QED) is 0.420. The van der Waals surface area contributed by atoms with Gasteiger partial charge in [-0.15, -0.1) is 0 Å². The molecule has 0 heterocycles. The van der Waals surface area contributed by atoms with E-state index in [0.717, 1.165) is 47.9 Å². The van der Waals surface area contributed by atoms with E-state index in [1.165, 1.54) is 0 Å². The second kappa shape index (κ2) is 12.4. The molecule has 0 bridgehead atoms. The molecule has 0 saturated heterocycles. The van der Waals surface area contributed by atoms with E-state index in [0.29, 0.717) is 18.7 Å². The van der Waals surface area contributed by atoms with Crippen LogP contribution in [0.2, 0.25) is 0 Å². The van der Waals surface area contributed by atoms with E-state index >= 15 is 0 Å². The Kier molecular flexibility index (Phi) is 8.77. The maximum atomic E-state index is 13.7. The van der Waals surface area contributed by atoms with Crippen LogP contribution in [0.5, 0.6) is 5.75 Å². The van der Waals surface area contributed by atoms with Gasteiger partial charge in [-0.3, -0.25) is 9.59 Å². The Hall–Kier alpha value is -3.60. The first kappa shape index (κ1) is 25.5. The largest absolute Gasteiger partial charge is 0.484 e. The standard InChI is InChI=1S/C31H36N2O3/c1-23-15-17-26(18-16-23)21-33(30(34)22-36-28-14-8-9-24(2)19-28)29(20-25-10-4-3-5-11-25)31(35)32-27-12-6-7-13-27/h3-5,8-11,14-19,27,29H,6-7,12-13,20-22H2,1-2H3,(H,32,35)/t29-/m1/s1. The minimum Gasteiger partial charge on any atom is -0.484 e. The molecule has 1 aliphatic rings. The zero-order valence-electron chi connectivity index (χ0n) is 21.3. The fourth-order valence-electron chi connectivity index (χ4n) is 4.74. The van der Waals surface area contributed by atoms with E-state index < -0.39 is 6.04 Å². The van der Waals surface area contributed by atoms with Gasteiger partial charge in [-0.05, 0) is 55.5 Å². The minimum atomic E-state index is -0.636. The molecule has 36 heavy (non-hydrogen) atoms. The average Bonchev–Trinajstić information content (AvgIpc) is 3.39. The Balaban J connectivity index is 1.60. The van der Waals surface area contributed by atoms with Crippen molar-refractivity contribution in [3.63, 3.8) is 0 Å². The Bertz CT molecular complexity index is 1140. The van der Waals surface area contributed by atoms with Crippen LogP contribution < -0.4 is 10.1 Å². The van der Waals surface area contributed by atoms with Crippen LogP contribution in [0.1, 0.15) is 47.9 Å². The van der Waals surface area contributed by atoms with E-state index in [9.17, 15) is 9.59 Å². The summed E-state index contributed by atoms with van der Waals surface area (Å²) in [6.07, 6.45) is 4.69. The highest BCUT2D eigenvalue weighted by Gasteiger charge is 2.32. The molecule has 0 radical (unpaired) electrons. The number of benzene rings is 3. The van der Waals surface area contributed by atoms with Crippen molar-refractivity contribution in [3.05, 3.63) is 101 Å². The van der Waals surface area contributed by atoms with Gasteiger partial charge >= 0.3 is 0 Å². The number of nitrogens with one attached hydrogen (secondary N) is 1. The van der Waals surface area contributed by atoms with Crippen LogP contribution >= 0.6 is 0 Å². The number of rotatable bonds is 10. The number of amides is 2. The number of aryl methyl sites for hydroxylation is 2. The monoisotopic (exact) mass is 484 g/mol. The number of carbonyl (C=O) groups is 2. The summed E-state index contributed by atoms with van der Waals surface area (Å²) in [5.74, 6) is 0.343. The van der Waals surface area contributed by atoms with Gasteiger partial charge in [0.15, 0.2) is 6.61 Å². The molecule has 4 rings (SSSR count). The van der Waals surface area contributed by atoms with Crippen LogP contribution in [0.15, 0.2) is 78.9 Å². The van der Waals surface area contributed by atoms with Crippen LogP contribution in [0.25, 0.3) is 0 Å². The molecule has 3 aromatic rings. The van der Waals surface area contributed by atoms with Crippen molar-refractivity contribution >= 4 is 11.8 Å². The lowest BCUT2D eigenvalue weighted by atomic mass is 10.0. The SMILES string of the molecule is Cc1ccc(CN(C(=O)COc2cccc(C)c2)[C@H](Cc2ccccc2)C(=O)NC2CCCC2)cc1. The molecule has 5 heteroatoms. The molecule has 0 aliphatic heterocycles. The van der Waals surface area contributed by atoms with Crippen molar-refractivity contribution in [3.8, 4) is 5.75 Å². The maximum Gasteiger partial charge on any atom is 0.261 e. The lowest BCUT2D eigenvalue weighted by Crippen LogP contribution is -2.53. The fraction of sp³-hybridized carbons (Fsp3) is 0.355. The molecular formula is C31H36N2O3. The van der Waals surface area contributed by atoms with E-state index in [1.54, 1.807) is 4.90 Å². The highest BCUT2D eigenvalue weighted by atomic mass is 16.5. The first-order chi connectivity index (χ1) is 17.5. The van der Waals surface area contributed by atoms with E-state index in [-0.39, 0.29) is 24.5 Å². The van der Waals surface area contributed by atoms with Crippen LogP contribution in [-0.2, 0) is 22.6 Å². The summed E-state index contributed by atoms with van der Waals surface area (Å²) >= 11 is 0. The van der Waals surface area contributed by atoms with Crippen LogP contribution in [0.3, 0.4) is 0 Å². The first-order valence-electron chi connectivity index (χ1n) is 12.9. The number of hydrogen-bond donors (Lipinski definition) is 1. The third-order valence-electron chi connectivity index (χ3n) is 6.80. The fourth-order valence-corrected chi connectivity index (χ4v) is 4.74. The topological polar surface area (TPSA) is 58.6 Å². The van der Waals surface area contributed by atoms with Gasteiger partial charge in [0.05, 0.1) is 0 Å². The number of hydrogen-bond acceptors (Lipinski definition) is 3. The van der Waals surface area contributed by atoms with Gasteiger partial charge in [0.2, 0.25) is 5.91 Å². The predicted octanol–water partition coefficient (Wildman–Crippen LogP) is 5.38. The van der Waals surface area contributed by atoms with Gasteiger partial charge in [-0.25, -0.2) is 0 Å². The summed E-state index contributed by atoms with van der Waals surface area (Å²) in [6.45, 7) is 4.24. The van der Waals surface area contributed by atoms with E-state index in [1.807, 2.05) is 92.7 Å². The van der Waals surface area contributed by atoms with Crippen molar-refractivity contribution in [2.45, 2.75) is 64.6 Å². The second-order valence-corrected chi connectivity index (χ2v) is 9.81. The van der Waals surface area contributed by atoms with Crippen molar-refractivity contribution in [1.82, 2.24) is 10.2 Å². The third kappa shape index (κ3) is 7.20. The van der Waals surface area contributed by atoms with Crippen molar-refractivity contribution in [2.75, 3.05) is 6.61 Å². The second-order valence-electron chi connectivity index (χ2n) is 9.81. The van der Waals surface area contributed by atoms with Gasteiger partial charge in [-0.1, -0.05) is 85.1 Å². The zero-order chi connectivity index (χ0) is 25.3. The molecule has 1 aliphatic carbocycles. The van der Waals surface area contributed by atoms with Crippen LogP contribution in [-0.4, -0.2) is 35.4 Å². The van der Waals surface area contributed by atoms with E-state index in [4.69, 9.17) is 4.74 Å². The zero-order valence-corrected chi connectivity index (χ0v) is 21.3. The summed E-state index contributed by atoms with van der Waals surface area (Å²) in [5.41, 5.74) is 4.22. The lowest BCUT2D eigenvalue weighted by molar-refractivity contribution is -0.143. The summed E-state index contributed by atoms with van der Waals surface area (Å²) in [6, 6.07) is 25.2. The number of carbonyl (C=O) groups excluding carboxylic acids is 2. The molecule has 1 N–H and O–H groups in total. The van der Waals surface area contributed by atoms with Gasteiger partial charge in [0.1, 0.15) is 11.8 Å². The summed E-state index contributed by atoms with van der Waals surface area (Å²) in [5, 5.41) is 3.24. The Labute approximate surface area is 214 Å². The molecule has 1 atom stereocenters. The van der Waals surface area contributed by atoms with Crippen molar-refractivity contribution in [2.24, 2.45) is 0 Å². The lowest BCUT2D eigenvalue weighted by Gasteiger charge is -2.32. The molecule has 3 aromatic carbocycles. The summed E-state index contributed by atoms with van der Waals surface area (Å²) in [4.78, 5) is 29.0. The maximum absolute atomic E-state index is 13.7. The molecule has 188 valence electrons. The Morgan fingerprint density at radius 1 is 0.889 bits per heavy atom. The van der Waals surface area contributed by atoms with Crippen molar-refractivity contribution in [1.29, 1.82) is 0 Å². The van der Waals surface area contributed by atoms with Gasteiger partial charge in [0.25, 0.3) is 5.91 Å².